The fraction of sp³-hybridized carbons (Fsp3) is 0.333. The Kier molecular flexibility index (Phi) is 3.27. The average Bonchev–Trinajstić information content (AvgIpc) is 2.59. The smallest absolute Gasteiger partial charge is 0.397 e. The highest BCUT2D eigenvalue weighted by Gasteiger charge is 2.27. The number of fused-ring (bicyclic) bond motifs is 1. The van der Waals surface area contributed by atoms with Crippen LogP contribution in [0.2, 0.25) is 0 Å². The summed E-state index contributed by atoms with van der Waals surface area (Å²) in [7, 11) is 1.19. The van der Waals surface area contributed by atoms with Crippen molar-refractivity contribution in [1.82, 2.24) is 0 Å². The molecule has 0 aliphatic carbocycles. The minimum Gasteiger partial charge on any atom is -0.491 e. The van der Waals surface area contributed by atoms with Gasteiger partial charge in [0.25, 0.3) is 0 Å². The molecular formula is C12H13NO4. The van der Waals surface area contributed by atoms with Crippen molar-refractivity contribution in [3.63, 3.8) is 0 Å². The number of benzene rings is 1. The summed E-state index contributed by atoms with van der Waals surface area (Å²) < 4.78 is 9.95. The van der Waals surface area contributed by atoms with Crippen molar-refractivity contribution >= 4 is 17.6 Å². The maximum Gasteiger partial charge on any atom is 0.397 e. The van der Waals surface area contributed by atoms with Crippen LogP contribution >= 0.6 is 0 Å². The first-order valence-electron chi connectivity index (χ1n) is 5.35. The van der Waals surface area contributed by atoms with E-state index in [2.05, 4.69) is 4.74 Å². The third-order valence-corrected chi connectivity index (χ3v) is 2.54. The Morgan fingerprint density at radius 2 is 2.12 bits per heavy atom. The Morgan fingerprint density at radius 1 is 1.35 bits per heavy atom. The zero-order chi connectivity index (χ0) is 12.3. The Bertz CT molecular complexity index is 444. The molecule has 5 nitrogen and oxygen atoms in total. The molecule has 1 aliphatic rings. The number of nitrogens with zero attached hydrogens (tertiary/aromatic N) is 1. The Morgan fingerprint density at radius 3 is 2.88 bits per heavy atom. The fourth-order valence-electron chi connectivity index (χ4n) is 1.74. The van der Waals surface area contributed by atoms with Crippen LogP contribution in [-0.4, -0.2) is 32.1 Å². The van der Waals surface area contributed by atoms with E-state index in [0.717, 1.165) is 0 Å². The SMILES string of the molecule is COC(=O)C(=O)N1CCCOc2ccccc21. The molecule has 1 aromatic carbocycles. The summed E-state index contributed by atoms with van der Waals surface area (Å²) in [5.41, 5.74) is 0.611. The molecule has 0 N–H and O–H groups in total. The molecule has 0 radical (unpaired) electrons. The van der Waals surface area contributed by atoms with E-state index >= 15 is 0 Å². The number of rotatable bonds is 0. The molecule has 0 bridgehead atoms. The highest BCUT2D eigenvalue weighted by Crippen LogP contribution is 2.30. The number of ether oxygens (including phenoxy) is 2. The number of carbonyl (C=O) groups is 2. The maximum atomic E-state index is 11.8. The Labute approximate surface area is 98.9 Å². The molecule has 0 fully saturated rings. The van der Waals surface area contributed by atoms with Crippen LogP contribution in [-0.2, 0) is 14.3 Å². The van der Waals surface area contributed by atoms with Gasteiger partial charge in [-0.15, -0.1) is 0 Å². The second kappa shape index (κ2) is 4.86. The molecule has 1 heterocycles. The summed E-state index contributed by atoms with van der Waals surface area (Å²) in [4.78, 5) is 24.5. The van der Waals surface area contributed by atoms with Crippen molar-refractivity contribution in [3.05, 3.63) is 24.3 Å². The van der Waals surface area contributed by atoms with Gasteiger partial charge >= 0.3 is 11.9 Å². The van der Waals surface area contributed by atoms with E-state index in [1.54, 1.807) is 18.2 Å². The van der Waals surface area contributed by atoms with Crippen LogP contribution in [0.3, 0.4) is 0 Å². The predicted octanol–water partition coefficient (Wildman–Crippen LogP) is 0.975. The van der Waals surface area contributed by atoms with Gasteiger partial charge in [-0.1, -0.05) is 12.1 Å². The van der Waals surface area contributed by atoms with E-state index in [9.17, 15) is 9.59 Å². The summed E-state index contributed by atoms with van der Waals surface area (Å²) in [5.74, 6) is -0.908. The third kappa shape index (κ3) is 2.22. The van der Waals surface area contributed by atoms with Crippen molar-refractivity contribution in [2.24, 2.45) is 0 Å². The van der Waals surface area contributed by atoms with Gasteiger partial charge in [-0.2, -0.15) is 0 Å². The van der Waals surface area contributed by atoms with Crippen molar-refractivity contribution in [2.45, 2.75) is 6.42 Å². The number of para-hydroxylation sites is 2. The quantitative estimate of drug-likeness (QED) is 0.496. The summed E-state index contributed by atoms with van der Waals surface area (Å²) in [5, 5.41) is 0. The molecule has 1 aromatic rings. The third-order valence-electron chi connectivity index (χ3n) is 2.54. The Hall–Kier alpha value is -2.04. The number of carbonyl (C=O) groups excluding carboxylic acids is 2. The van der Waals surface area contributed by atoms with E-state index in [0.29, 0.717) is 31.0 Å². The Balaban J connectivity index is 2.35. The minimum atomic E-state index is -0.860. The van der Waals surface area contributed by atoms with Crippen LogP contribution in [0.5, 0.6) is 5.75 Å². The van der Waals surface area contributed by atoms with Crippen LogP contribution < -0.4 is 9.64 Å². The topological polar surface area (TPSA) is 55.8 Å². The largest absolute Gasteiger partial charge is 0.491 e. The molecule has 5 heteroatoms. The molecule has 1 aliphatic heterocycles. The first kappa shape index (κ1) is 11.4. The number of esters is 1. The lowest BCUT2D eigenvalue weighted by Crippen LogP contribution is -2.37. The van der Waals surface area contributed by atoms with Gasteiger partial charge in [0.15, 0.2) is 0 Å². The van der Waals surface area contributed by atoms with E-state index < -0.39 is 11.9 Å². The molecule has 0 aromatic heterocycles. The van der Waals surface area contributed by atoms with Gasteiger partial charge in [-0.3, -0.25) is 9.69 Å². The first-order valence-corrected chi connectivity index (χ1v) is 5.35. The summed E-state index contributed by atoms with van der Waals surface area (Å²) in [6.45, 7) is 0.979. The summed E-state index contributed by atoms with van der Waals surface area (Å²) >= 11 is 0. The van der Waals surface area contributed by atoms with Crippen LogP contribution in [0.4, 0.5) is 5.69 Å². The van der Waals surface area contributed by atoms with Crippen LogP contribution in [0.25, 0.3) is 0 Å². The molecule has 90 valence electrons. The lowest BCUT2D eigenvalue weighted by Gasteiger charge is -2.19. The van der Waals surface area contributed by atoms with E-state index in [1.165, 1.54) is 12.0 Å². The number of hydrogen-bond donors (Lipinski definition) is 0. The zero-order valence-electron chi connectivity index (χ0n) is 9.51. The van der Waals surface area contributed by atoms with Gasteiger partial charge in [0.05, 0.1) is 19.4 Å². The van der Waals surface area contributed by atoms with Gasteiger partial charge in [-0.05, 0) is 18.6 Å². The van der Waals surface area contributed by atoms with E-state index in [1.807, 2.05) is 6.07 Å². The maximum absolute atomic E-state index is 11.8. The second-order valence-corrected chi connectivity index (χ2v) is 3.62. The van der Waals surface area contributed by atoms with Gasteiger partial charge < -0.3 is 9.47 Å². The zero-order valence-corrected chi connectivity index (χ0v) is 9.51. The van der Waals surface area contributed by atoms with Crippen LogP contribution in [0, 0.1) is 0 Å². The van der Waals surface area contributed by atoms with Crippen molar-refractivity contribution in [1.29, 1.82) is 0 Å². The number of amides is 1. The molecule has 0 atom stereocenters. The predicted molar refractivity (Wildman–Crippen MR) is 60.9 cm³/mol. The summed E-state index contributed by atoms with van der Waals surface area (Å²) in [6, 6.07) is 7.15. The van der Waals surface area contributed by atoms with Gasteiger partial charge in [-0.25, -0.2) is 4.79 Å². The molecule has 1 amide bonds. The average molecular weight is 235 g/mol. The lowest BCUT2D eigenvalue weighted by molar-refractivity contribution is -0.151. The highest BCUT2D eigenvalue weighted by atomic mass is 16.5. The van der Waals surface area contributed by atoms with Gasteiger partial charge in [0, 0.05) is 6.54 Å². The first-order chi connectivity index (χ1) is 8.24. The van der Waals surface area contributed by atoms with Crippen molar-refractivity contribution < 1.29 is 19.1 Å². The fourth-order valence-corrected chi connectivity index (χ4v) is 1.74. The number of methoxy groups -OCH3 is 1. The lowest BCUT2D eigenvalue weighted by atomic mass is 10.2. The van der Waals surface area contributed by atoms with Crippen molar-refractivity contribution in [3.8, 4) is 5.75 Å². The van der Waals surface area contributed by atoms with E-state index in [4.69, 9.17) is 4.74 Å². The van der Waals surface area contributed by atoms with Crippen molar-refractivity contribution in [2.75, 3.05) is 25.2 Å². The highest BCUT2D eigenvalue weighted by molar-refractivity contribution is 6.38. The molecular weight excluding hydrogens is 222 g/mol. The molecule has 0 spiro atoms. The van der Waals surface area contributed by atoms with Crippen LogP contribution in [0.1, 0.15) is 6.42 Å². The molecule has 2 rings (SSSR count). The molecule has 0 saturated carbocycles. The minimum absolute atomic E-state index is 0.449. The van der Waals surface area contributed by atoms with Gasteiger partial charge in [0.2, 0.25) is 0 Å². The van der Waals surface area contributed by atoms with E-state index in [-0.39, 0.29) is 0 Å². The molecule has 0 saturated heterocycles. The molecule has 17 heavy (non-hydrogen) atoms. The monoisotopic (exact) mass is 235 g/mol. The van der Waals surface area contributed by atoms with Gasteiger partial charge in [0.1, 0.15) is 5.75 Å². The van der Waals surface area contributed by atoms with Crippen LogP contribution in [0.15, 0.2) is 24.3 Å². The molecule has 0 unspecified atom stereocenters. The number of anilines is 1. The standard InChI is InChI=1S/C12H13NO4/c1-16-12(15)11(14)13-7-4-8-17-10-6-3-2-5-9(10)13/h2-3,5-6H,4,7-8H2,1H3. The normalized spacial score (nSPS) is 14.3. The number of hydrogen-bond acceptors (Lipinski definition) is 4. The second-order valence-electron chi connectivity index (χ2n) is 3.62. The summed E-state index contributed by atoms with van der Waals surface area (Å²) in [6.07, 6.45) is 0.678.